The molecule has 5 N–H and O–H groups in total. The number of nitrogens with one attached hydrogen (secondary N) is 1. The SMILES string of the molecule is NC(CCC(=O)O)C(=O)NC(Cc1ccc(N(CCCl)CCCl)cc1)C(=O)O. The van der Waals surface area contributed by atoms with Crippen molar-refractivity contribution < 1.29 is 24.6 Å². The first-order valence-electron chi connectivity index (χ1n) is 8.74. The average Bonchev–Trinajstić information content (AvgIpc) is 2.65. The molecule has 0 aliphatic heterocycles. The van der Waals surface area contributed by atoms with Crippen molar-refractivity contribution >= 4 is 46.7 Å². The van der Waals surface area contributed by atoms with Crippen molar-refractivity contribution in [1.29, 1.82) is 0 Å². The van der Waals surface area contributed by atoms with E-state index in [1.54, 1.807) is 12.1 Å². The smallest absolute Gasteiger partial charge is 0.326 e. The highest BCUT2D eigenvalue weighted by Gasteiger charge is 2.24. The Labute approximate surface area is 173 Å². The second-order valence-electron chi connectivity index (χ2n) is 6.17. The van der Waals surface area contributed by atoms with E-state index >= 15 is 0 Å². The molecule has 0 spiro atoms. The highest BCUT2D eigenvalue weighted by Crippen LogP contribution is 2.17. The standard InChI is InChI=1S/C18H25Cl2N3O5/c19-7-9-23(10-8-20)13-3-1-12(2-4-13)11-15(18(27)28)22-17(26)14(21)5-6-16(24)25/h1-4,14-15H,5-11,21H2,(H,22,26)(H,24,25)(H,27,28). The number of halogens is 2. The number of anilines is 1. The summed E-state index contributed by atoms with van der Waals surface area (Å²) >= 11 is 11.6. The zero-order chi connectivity index (χ0) is 21.1. The minimum atomic E-state index is -1.20. The van der Waals surface area contributed by atoms with Crippen LogP contribution in [-0.4, -0.2) is 65.0 Å². The van der Waals surface area contributed by atoms with Crippen LogP contribution < -0.4 is 16.0 Å². The van der Waals surface area contributed by atoms with E-state index in [0.717, 1.165) is 5.69 Å². The number of carbonyl (C=O) groups is 3. The summed E-state index contributed by atoms with van der Waals surface area (Å²) in [5, 5.41) is 20.4. The van der Waals surface area contributed by atoms with E-state index in [2.05, 4.69) is 5.32 Å². The molecule has 0 radical (unpaired) electrons. The van der Waals surface area contributed by atoms with Gasteiger partial charge in [0.15, 0.2) is 0 Å². The molecule has 10 heteroatoms. The summed E-state index contributed by atoms with van der Waals surface area (Å²) in [6.07, 6.45) is -0.272. The third-order valence-corrected chi connectivity index (χ3v) is 4.41. The molecule has 0 aliphatic rings. The number of alkyl halides is 2. The number of carbonyl (C=O) groups excluding carboxylic acids is 1. The molecule has 156 valence electrons. The average molecular weight is 434 g/mol. The van der Waals surface area contributed by atoms with Crippen LogP contribution in [0.25, 0.3) is 0 Å². The lowest BCUT2D eigenvalue weighted by Gasteiger charge is -2.23. The van der Waals surface area contributed by atoms with Gasteiger partial charge in [-0.2, -0.15) is 0 Å². The summed E-state index contributed by atoms with van der Waals surface area (Å²) in [6.45, 7) is 1.27. The fourth-order valence-corrected chi connectivity index (χ4v) is 2.95. The second-order valence-corrected chi connectivity index (χ2v) is 6.93. The third kappa shape index (κ3) is 8.33. The predicted molar refractivity (Wildman–Crippen MR) is 108 cm³/mol. The van der Waals surface area contributed by atoms with Crippen LogP contribution in [0.1, 0.15) is 18.4 Å². The summed E-state index contributed by atoms with van der Waals surface area (Å²) in [4.78, 5) is 36.1. The fraction of sp³-hybridized carbons (Fsp3) is 0.500. The van der Waals surface area contributed by atoms with Crippen LogP contribution in [0.15, 0.2) is 24.3 Å². The molecule has 0 bridgehead atoms. The molecule has 0 aromatic heterocycles. The predicted octanol–water partition coefficient (Wildman–Crippen LogP) is 1.27. The molecule has 1 aromatic rings. The van der Waals surface area contributed by atoms with Crippen molar-refractivity contribution in [2.45, 2.75) is 31.3 Å². The Hall–Kier alpha value is -2.03. The first-order chi connectivity index (χ1) is 13.3. The van der Waals surface area contributed by atoms with Crippen LogP contribution in [0, 0.1) is 0 Å². The number of amides is 1. The number of nitrogens with two attached hydrogens (primary N) is 1. The van der Waals surface area contributed by atoms with Gasteiger partial charge in [0, 0.05) is 43.4 Å². The van der Waals surface area contributed by atoms with Crippen molar-refractivity contribution in [1.82, 2.24) is 5.32 Å². The van der Waals surface area contributed by atoms with Gasteiger partial charge in [-0.3, -0.25) is 9.59 Å². The van der Waals surface area contributed by atoms with E-state index < -0.39 is 29.9 Å². The highest BCUT2D eigenvalue weighted by atomic mass is 35.5. The molecular formula is C18H25Cl2N3O5. The summed E-state index contributed by atoms with van der Waals surface area (Å²) < 4.78 is 0. The number of hydrogen-bond acceptors (Lipinski definition) is 5. The first kappa shape index (κ1) is 24.0. The van der Waals surface area contributed by atoms with Crippen LogP contribution in [0.3, 0.4) is 0 Å². The molecule has 2 unspecified atom stereocenters. The van der Waals surface area contributed by atoms with Crippen molar-refractivity contribution in [3.63, 3.8) is 0 Å². The number of carboxylic acids is 2. The van der Waals surface area contributed by atoms with Gasteiger partial charge in [-0.1, -0.05) is 12.1 Å². The van der Waals surface area contributed by atoms with E-state index in [0.29, 0.717) is 30.4 Å². The van der Waals surface area contributed by atoms with E-state index in [-0.39, 0.29) is 19.3 Å². The van der Waals surface area contributed by atoms with Crippen molar-refractivity contribution in [3.05, 3.63) is 29.8 Å². The third-order valence-electron chi connectivity index (χ3n) is 4.07. The summed E-state index contributed by atoms with van der Waals surface area (Å²) in [5.74, 6) is -2.06. The summed E-state index contributed by atoms with van der Waals surface area (Å²) in [5.41, 5.74) is 7.25. The summed E-state index contributed by atoms with van der Waals surface area (Å²) in [7, 11) is 0. The van der Waals surface area contributed by atoms with Crippen LogP contribution in [-0.2, 0) is 20.8 Å². The molecule has 1 amide bonds. The lowest BCUT2D eigenvalue weighted by Crippen LogP contribution is -2.49. The van der Waals surface area contributed by atoms with Crippen molar-refractivity contribution in [3.8, 4) is 0 Å². The van der Waals surface area contributed by atoms with E-state index in [4.69, 9.17) is 34.0 Å². The molecule has 1 aromatic carbocycles. The Morgan fingerprint density at radius 1 is 1.07 bits per heavy atom. The molecule has 0 fully saturated rings. The normalized spacial score (nSPS) is 12.8. The number of aliphatic carboxylic acids is 2. The fourth-order valence-electron chi connectivity index (χ4n) is 2.54. The van der Waals surface area contributed by atoms with E-state index in [9.17, 15) is 19.5 Å². The van der Waals surface area contributed by atoms with Gasteiger partial charge < -0.3 is 26.2 Å². The Kier molecular flexibility index (Phi) is 10.7. The maximum atomic E-state index is 12.0. The lowest BCUT2D eigenvalue weighted by molar-refractivity contribution is -0.142. The molecule has 0 aliphatic carbocycles. The van der Waals surface area contributed by atoms with Gasteiger partial charge in [0.1, 0.15) is 6.04 Å². The zero-order valence-corrected chi connectivity index (χ0v) is 16.8. The Morgan fingerprint density at radius 2 is 1.64 bits per heavy atom. The van der Waals surface area contributed by atoms with Crippen LogP contribution >= 0.6 is 23.2 Å². The highest BCUT2D eigenvalue weighted by molar-refractivity contribution is 6.18. The molecule has 28 heavy (non-hydrogen) atoms. The number of nitrogens with zero attached hydrogens (tertiary/aromatic N) is 1. The zero-order valence-electron chi connectivity index (χ0n) is 15.3. The monoisotopic (exact) mass is 433 g/mol. The number of carboxylic acid groups (broad SMARTS) is 2. The quantitative estimate of drug-likeness (QED) is 0.344. The molecule has 1 rings (SSSR count). The molecule has 0 saturated heterocycles. The van der Waals surface area contributed by atoms with Gasteiger partial charge in [-0.15, -0.1) is 23.2 Å². The summed E-state index contributed by atoms with van der Waals surface area (Å²) in [6, 6.07) is 4.98. The maximum Gasteiger partial charge on any atom is 0.326 e. The Morgan fingerprint density at radius 3 is 2.11 bits per heavy atom. The van der Waals surface area contributed by atoms with Gasteiger partial charge in [0.05, 0.1) is 6.04 Å². The topological polar surface area (TPSA) is 133 Å². The van der Waals surface area contributed by atoms with Gasteiger partial charge in [0.2, 0.25) is 5.91 Å². The molecule has 0 saturated carbocycles. The number of hydrogen-bond donors (Lipinski definition) is 4. The van der Waals surface area contributed by atoms with Crippen molar-refractivity contribution in [2.24, 2.45) is 5.73 Å². The van der Waals surface area contributed by atoms with E-state index in [1.807, 2.05) is 17.0 Å². The number of benzene rings is 1. The molecule has 8 nitrogen and oxygen atoms in total. The first-order valence-corrected chi connectivity index (χ1v) is 9.81. The minimum Gasteiger partial charge on any atom is -0.481 e. The number of rotatable bonds is 13. The minimum absolute atomic E-state index is 0.0675. The van der Waals surface area contributed by atoms with E-state index in [1.165, 1.54) is 0 Å². The van der Waals surface area contributed by atoms with Crippen LogP contribution in [0.5, 0.6) is 0 Å². The Balaban J connectivity index is 2.74. The van der Waals surface area contributed by atoms with Gasteiger partial charge >= 0.3 is 11.9 Å². The molecular weight excluding hydrogens is 409 g/mol. The van der Waals surface area contributed by atoms with Gasteiger partial charge in [-0.25, -0.2) is 4.79 Å². The second kappa shape index (κ2) is 12.4. The van der Waals surface area contributed by atoms with Crippen molar-refractivity contribution in [2.75, 3.05) is 29.7 Å². The van der Waals surface area contributed by atoms with Gasteiger partial charge in [-0.05, 0) is 24.1 Å². The Bertz CT molecular complexity index is 651. The molecule has 0 heterocycles. The van der Waals surface area contributed by atoms with Crippen LogP contribution in [0.2, 0.25) is 0 Å². The lowest BCUT2D eigenvalue weighted by atomic mass is 10.0. The van der Waals surface area contributed by atoms with Gasteiger partial charge in [0.25, 0.3) is 0 Å². The van der Waals surface area contributed by atoms with Crippen LogP contribution in [0.4, 0.5) is 5.69 Å². The largest absolute Gasteiger partial charge is 0.481 e. The maximum absolute atomic E-state index is 12.0. The molecule has 2 atom stereocenters.